The summed E-state index contributed by atoms with van der Waals surface area (Å²) < 4.78 is 5.46. The smallest absolute Gasteiger partial charge is 0.122 e. The number of hydrogen-bond donors (Lipinski definition) is 1. The minimum Gasteiger partial charge on any atom is -0.468 e. The molecular weight excluding hydrogens is 188 g/mol. The second-order valence-corrected chi connectivity index (χ2v) is 4.70. The molecule has 0 bridgehead atoms. The van der Waals surface area contributed by atoms with E-state index in [1.54, 1.807) is 6.26 Å². The average Bonchev–Trinajstić information content (AvgIpc) is 2.81. The van der Waals surface area contributed by atoms with E-state index in [1.165, 1.54) is 12.8 Å². The van der Waals surface area contributed by atoms with Crippen LogP contribution in [0.1, 0.15) is 31.6 Å². The monoisotopic (exact) mass is 208 g/mol. The molecule has 0 saturated heterocycles. The van der Waals surface area contributed by atoms with Crippen molar-refractivity contribution in [3.63, 3.8) is 0 Å². The van der Waals surface area contributed by atoms with Crippen molar-refractivity contribution in [2.24, 2.45) is 11.7 Å². The van der Waals surface area contributed by atoms with Crippen LogP contribution in [-0.2, 0) is 0 Å². The van der Waals surface area contributed by atoms with E-state index in [2.05, 4.69) is 11.9 Å². The van der Waals surface area contributed by atoms with Gasteiger partial charge < -0.3 is 10.2 Å². The fraction of sp³-hybridized carbons (Fsp3) is 0.667. The summed E-state index contributed by atoms with van der Waals surface area (Å²) in [5, 5.41) is 0. The number of likely N-dealkylation sites (N-methyl/N-ethyl adjacent to an activating group) is 1. The first kappa shape index (κ1) is 10.7. The quantitative estimate of drug-likeness (QED) is 0.805. The van der Waals surface area contributed by atoms with E-state index in [0.29, 0.717) is 0 Å². The molecule has 1 fully saturated rings. The number of hydrogen-bond acceptors (Lipinski definition) is 3. The van der Waals surface area contributed by atoms with Gasteiger partial charge in [0.2, 0.25) is 0 Å². The Morgan fingerprint density at radius 2 is 2.33 bits per heavy atom. The molecule has 1 aromatic rings. The van der Waals surface area contributed by atoms with Gasteiger partial charge in [0.1, 0.15) is 5.76 Å². The maximum atomic E-state index is 6.02. The molecule has 1 aromatic heterocycles. The largest absolute Gasteiger partial charge is 0.468 e. The summed E-state index contributed by atoms with van der Waals surface area (Å²) in [4.78, 5) is 2.32. The molecule has 2 rings (SSSR count). The third-order valence-electron chi connectivity index (χ3n) is 3.05. The third kappa shape index (κ3) is 2.61. The Kier molecular flexibility index (Phi) is 3.12. The summed E-state index contributed by atoms with van der Waals surface area (Å²) >= 11 is 0. The Hall–Kier alpha value is -0.800. The van der Waals surface area contributed by atoms with Crippen molar-refractivity contribution in [2.75, 3.05) is 13.6 Å². The molecule has 2 atom stereocenters. The molecule has 0 aromatic carbocycles. The molecule has 84 valence electrons. The fourth-order valence-corrected chi connectivity index (χ4v) is 2.16. The molecule has 0 spiro atoms. The summed E-state index contributed by atoms with van der Waals surface area (Å²) in [5.41, 5.74) is 6.02. The minimum atomic E-state index is 0.0971. The molecule has 15 heavy (non-hydrogen) atoms. The van der Waals surface area contributed by atoms with E-state index in [1.807, 2.05) is 19.1 Å². The van der Waals surface area contributed by atoms with Gasteiger partial charge in [-0.25, -0.2) is 0 Å². The fourth-order valence-electron chi connectivity index (χ4n) is 2.16. The number of nitrogens with two attached hydrogens (primary N) is 1. The summed E-state index contributed by atoms with van der Waals surface area (Å²) in [5.74, 6) is 1.86. The Balaban J connectivity index is 2.04. The Morgan fingerprint density at radius 3 is 2.80 bits per heavy atom. The van der Waals surface area contributed by atoms with Gasteiger partial charge >= 0.3 is 0 Å². The van der Waals surface area contributed by atoms with Gasteiger partial charge in [0.25, 0.3) is 0 Å². The van der Waals surface area contributed by atoms with Gasteiger partial charge in [-0.3, -0.25) is 4.90 Å². The van der Waals surface area contributed by atoms with Crippen LogP contribution in [0.3, 0.4) is 0 Å². The van der Waals surface area contributed by atoms with Crippen LogP contribution >= 0.6 is 0 Å². The lowest BCUT2D eigenvalue weighted by Gasteiger charge is -2.29. The second kappa shape index (κ2) is 4.37. The predicted molar refractivity (Wildman–Crippen MR) is 60.5 cm³/mol. The molecule has 3 nitrogen and oxygen atoms in total. The highest BCUT2D eigenvalue weighted by molar-refractivity contribution is 5.07. The first-order valence-electron chi connectivity index (χ1n) is 5.67. The van der Waals surface area contributed by atoms with Crippen LogP contribution in [0.4, 0.5) is 0 Å². The highest BCUT2D eigenvalue weighted by Gasteiger charge is 2.29. The molecule has 1 heterocycles. The Labute approximate surface area is 91.2 Å². The van der Waals surface area contributed by atoms with Gasteiger partial charge in [-0.05, 0) is 44.9 Å². The van der Waals surface area contributed by atoms with Crippen molar-refractivity contribution in [3.8, 4) is 0 Å². The number of nitrogens with zero attached hydrogens (tertiary/aromatic N) is 1. The van der Waals surface area contributed by atoms with Crippen LogP contribution in [0.2, 0.25) is 0 Å². The van der Waals surface area contributed by atoms with E-state index in [4.69, 9.17) is 10.2 Å². The van der Waals surface area contributed by atoms with Crippen LogP contribution in [0.5, 0.6) is 0 Å². The lowest BCUT2D eigenvalue weighted by Crippen LogP contribution is -2.38. The standard InChI is InChI=1S/C12H20N2O/c1-9(13)12(11-4-3-7-15-11)14(2)8-10-5-6-10/h3-4,7,9-10,12H,5-6,8,13H2,1-2H3. The van der Waals surface area contributed by atoms with E-state index in [9.17, 15) is 0 Å². The van der Waals surface area contributed by atoms with Crippen LogP contribution in [-0.4, -0.2) is 24.5 Å². The zero-order valence-corrected chi connectivity index (χ0v) is 9.52. The van der Waals surface area contributed by atoms with Gasteiger partial charge in [-0.2, -0.15) is 0 Å². The highest BCUT2D eigenvalue weighted by atomic mass is 16.3. The van der Waals surface area contributed by atoms with Crippen molar-refractivity contribution >= 4 is 0 Å². The average molecular weight is 208 g/mol. The van der Waals surface area contributed by atoms with Gasteiger partial charge in [-0.15, -0.1) is 0 Å². The van der Waals surface area contributed by atoms with Crippen molar-refractivity contribution in [1.82, 2.24) is 4.90 Å². The summed E-state index contributed by atoms with van der Waals surface area (Å²) in [7, 11) is 2.13. The Morgan fingerprint density at radius 1 is 1.60 bits per heavy atom. The van der Waals surface area contributed by atoms with Gasteiger partial charge in [0.15, 0.2) is 0 Å². The zero-order chi connectivity index (χ0) is 10.8. The number of furan rings is 1. The van der Waals surface area contributed by atoms with Crippen molar-refractivity contribution in [3.05, 3.63) is 24.2 Å². The lowest BCUT2D eigenvalue weighted by molar-refractivity contribution is 0.184. The molecule has 2 N–H and O–H groups in total. The zero-order valence-electron chi connectivity index (χ0n) is 9.52. The second-order valence-electron chi connectivity index (χ2n) is 4.70. The van der Waals surface area contributed by atoms with Crippen LogP contribution in [0.15, 0.2) is 22.8 Å². The molecule has 1 aliphatic rings. The third-order valence-corrected chi connectivity index (χ3v) is 3.05. The molecule has 2 unspecified atom stereocenters. The first-order valence-corrected chi connectivity index (χ1v) is 5.67. The summed E-state index contributed by atoms with van der Waals surface area (Å²) in [6.45, 7) is 3.17. The maximum Gasteiger partial charge on any atom is 0.122 e. The first-order chi connectivity index (χ1) is 7.18. The predicted octanol–water partition coefficient (Wildman–Crippen LogP) is 2.01. The Bertz CT molecular complexity index is 291. The van der Waals surface area contributed by atoms with Crippen LogP contribution < -0.4 is 5.73 Å². The molecule has 3 heteroatoms. The molecule has 0 amide bonds. The van der Waals surface area contributed by atoms with E-state index >= 15 is 0 Å². The van der Waals surface area contributed by atoms with Gasteiger partial charge in [-0.1, -0.05) is 0 Å². The highest BCUT2D eigenvalue weighted by Crippen LogP contribution is 2.32. The van der Waals surface area contributed by atoms with E-state index in [0.717, 1.165) is 18.2 Å². The SMILES string of the molecule is CC(N)C(c1ccco1)N(C)CC1CC1. The molecular formula is C12H20N2O. The van der Waals surface area contributed by atoms with Crippen molar-refractivity contribution < 1.29 is 4.42 Å². The molecule has 0 radical (unpaired) electrons. The van der Waals surface area contributed by atoms with Crippen molar-refractivity contribution in [2.45, 2.75) is 31.8 Å². The molecule has 1 saturated carbocycles. The topological polar surface area (TPSA) is 42.4 Å². The normalized spacial score (nSPS) is 20.5. The lowest BCUT2D eigenvalue weighted by atomic mass is 10.1. The molecule has 0 aliphatic heterocycles. The summed E-state index contributed by atoms with van der Waals surface area (Å²) in [6, 6.07) is 4.24. The van der Waals surface area contributed by atoms with Gasteiger partial charge in [0.05, 0.1) is 12.3 Å². The minimum absolute atomic E-state index is 0.0971. The van der Waals surface area contributed by atoms with Gasteiger partial charge in [0, 0.05) is 12.6 Å². The maximum absolute atomic E-state index is 6.02. The van der Waals surface area contributed by atoms with Crippen molar-refractivity contribution in [1.29, 1.82) is 0 Å². The van der Waals surface area contributed by atoms with Crippen LogP contribution in [0, 0.1) is 5.92 Å². The summed E-state index contributed by atoms with van der Waals surface area (Å²) in [6.07, 6.45) is 4.46. The van der Waals surface area contributed by atoms with E-state index in [-0.39, 0.29) is 12.1 Å². The number of rotatable bonds is 5. The van der Waals surface area contributed by atoms with E-state index < -0.39 is 0 Å². The molecule has 1 aliphatic carbocycles. The van der Waals surface area contributed by atoms with Crippen LogP contribution in [0.25, 0.3) is 0 Å².